The molecule has 6 heteroatoms. The van der Waals surface area contributed by atoms with Crippen LogP contribution in [0, 0.1) is 0 Å². The number of hydrogen-bond donors (Lipinski definition) is 2. The van der Waals surface area contributed by atoms with Crippen molar-refractivity contribution in [3.05, 3.63) is 53.3 Å². The Morgan fingerprint density at radius 1 is 1.38 bits per heavy atom. The van der Waals surface area contributed by atoms with Crippen LogP contribution in [0.15, 0.2) is 47.6 Å². The van der Waals surface area contributed by atoms with E-state index in [0.717, 1.165) is 16.9 Å². The van der Waals surface area contributed by atoms with Gasteiger partial charge in [-0.2, -0.15) is 0 Å². The standard InChI is InChI=1S/C15H16ClN3OS/c16-12-3-1-2-11(8-12)4-7-19-15(20)10-21-14-5-6-18-9-13(14)17/h1-3,5-6,8-9H,4,7,10,17H2,(H,19,20). The summed E-state index contributed by atoms with van der Waals surface area (Å²) < 4.78 is 0. The van der Waals surface area contributed by atoms with E-state index >= 15 is 0 Å². The lowest BCUT2D eigenvalue weighted by Gasteiger charge is -2.07. The van der Waals surface area contributed by atoms with Crippen molar-refractivity contribution in [2.24, 2.45) is 0 Å². The number of amides is 1. The maximum atomic E-state index is 11.8. The quantitative estimate of drug-likeness (QED) is 0.803. The lowest BCUT2D eigenvalue weighted by molar-refractivity contribution is -0.118. The molecule has 0 radical (unpaired) electrons. The highest BCUT2D eigenvalue weighted by Crippen LogP contribution is 2.22. The molecule has 110 valence electrons. The molecule has 2 rings (SSSR count). The number of nitrogens with two attached hydrogens (primary N) is 1. The van der Waals surface area contributed by atoms with Crippen molar-refractivity contribution in [3.8, 4) is 0 Å². The van der Waals surface area contributed by atoms with E-state index < -0.39 is 0 Å². The van der Waals surface area contributed by atoms with E-state index in [4.69, 9.17) is 17.3 Å². The van der Waals surface area contributed by atoms with Crippen LogP contribution in [0.3, 0.4) is 0 Å². The molecule has 21 heavy (non-hydrogen) atoms. The molecule has 0 aliphatic carbocycles. The highest BCUT2D eigenvalue weighted by molar-refractivity contribution is 8.00. The van der Waals surface area contributed by atoms with Crippen molar-refractivity contribution in [1.29, 1.82) is 0 Å². The summed E-state index contributed by atoms with van der Waals surface area (Å²) in [5, 5.41) is 3.59. The van der Waals surface area contributed by atoms with Gasteiger partial charge in [0.2, 0.25) is 5.91 Å². The van der Waals surface area contributed by atoms with Gasteiger partial charge in [-0.3, -0.25) is 9.78 Å². The first-order valence-corrected chi connectivity index (χ1v) is 7.85. The Bertz CT molecular complexity index is 621. The zero-order valence-electron chi connectivity index (χ0n) is 11.4. The van der Waals surface area contributed by atoms with E-state index in [1.165, 1.54) is 11.8 Å². The molecule has 0 aliphatic heterocycles. The first-order valence-electron chi connectivity index (χ1n) is 6.48. The van der Waals surface area contributed by atoms with Crippen molar-refractivity contribution >= 4 is 35.0 Å². The number of rotatable bonds is 6. The summed E-state index contributed by atoms with van der Waals surface area (Å²) in [6.07, 6.45) is 4.00. The first-order chi connectivity index (χ1) is 10.1. The Kier molecular flexibility index (Phi) is 5.90. The second kappa shape index (κ2) is 7.90. The molecule has 0 saturated heterocycles. The Labute approximate surface area is 133 Å². The van der Waals surface area contributed by atoms with Gasteiger partial charge in [-0.1, -0.05) is 23.7 Å². The highest BCUT2D eigenvalue weighted by atomic mass is 35.5. The second-order valence-electron chi connectivity index (χ2n) is 4.43. The number of hydrogen-bond acceptors (Lipinski definition) is 4. The zero-order chi connectivity index (χ0) is 15.1. The summed E-state index contributed by atoms with van der Waals surface area (Å²) in [7, 11) is 0. The maximum Gasteiger partial charge on any atom is 0.230 e. The summed E-state index contributed by atoms with van der Waals surface area (Å²) in [5.41, 5.74) is 7.47. The van der Waals surface area contributed by atoms with Gasteiger partial charge in [-0.05, 0) is 30.2 Å². The number of carbonyl (C=O) groups is 1. The van der Waals surface area contributed by atoms with Gasteiger partial charge < -0.3 is 11.1 Å². The van der Waals surface area contributed by atoms with E-state index in [0.29, 0.717) is 23.0 Å². The molecule has 1 aromatic carbocycles. The molecule has 2 aromatic rings. The fourth-order valence-electron chi connectivity index (χ4n) is 1.76. The molecule has 1 heterocycles. The second-order valence-corrected chi connectivity index (χ2v) is 5.89. The highest BCUT2D eigenvalue weighted by Gasteiger charge is 2.05. The molecule has 0 unspecified atom stereocenters. The summed E-state index contributed by atoms with van der Waals surface area (Å²) in [6.45, 7) is 0.589. The van der Waals surface area contributed by atoms with Crippen LogP contribution in [-0.4, -0.2) is 23.2 Å². The Morgan fingerprint density at radius 3 is 3.00 bits per heavy atom. The SMILES string of the molecule is Nc1cnccc1SCC(=O)NCCc1cccc(Cl)c1. The maximum absolute atomic E-state index is 11.8. The van der Waals surface area contributed by atoms with Crippen LogP contribution in [0.4, 0.5) is 5.69 Å². The fraction of sp³-hybridized carbons (Fsp3) is 0.200. The molecule has 3 N–H and O–H groups in total. The molecule has 1 amide bonds. The molecule has 0 fully saturated rings. The van der Waals surface area contributed by atoms with Gasteiger partial charge >= 0.3 is 0 Å². The Hall–Kier alpha value is -1.72. The molecule has 4 nitrogen and oxygen atoms in total. The van der Waals surface area contributed by atoms with Crippen LogP contribution < -0.4 is 11.1 Å². The topological polar surface area (TPSA) is 68.0 Å². The van der Waals surface area contributed by atoms with Gasteiger partial charge in [-0.25, -0.2) is 0 Å². The zero-order valence-corrected chi connectivity index (χ0v) is 13.0. The number of nitrogen functional groups attached to an aromatic ring is 1. The molecule has 0 aliphatic rings. The Balaban J connectivity index is 1.72. The minimum absolute atomic E-state index is 0.0155. The largest absolute Gasteiger partial charge is 0.397 e. The number of anilines is 1. The van der Waals surface area contributed by atoms with Gasteiger partial charge in [-0.15, -0.1) is 11.8 Å². The predicted molar refractivity (Wildman–Crippen MR) is 87.5 cm³/mol. The van der Waals surface area contributed by atoms with E-state index in [2.05, 4.69) is 10.3 Å². The fourth-order valence-corrected chi connectivity index (χ4v) is 2.74. The van der Waals surface area contributed by atoms with E-state index in [-0.39, 0.29) is 5.91 Å². The molecule has 0 spiro atoms. The van der Waals surface area contributed by atoms with Gasteiger partial charge in [0.25, 0.3) is 0 Å². The summed E-state index contributed by atoms with van der Waals surface area (Å²) in [4.78, 5) is 16.6. The van der Waals surface area contributed by atoms with Crippen molar-refractivity contribution in [1.82, 2.24) is 10.3 Å². The molecule has 0 atom stereocenters. The van der Waals surface area contributed by atoms with Crippen LogP contribution in [0.5, 0.6) is 0 Å². The van der Waals surface area contributed by atoms with Crippen LogP contribution in [0.25, 0.3) is 0 Å². The van der Waals surface area contributed by atoms with Crippen molar-refractivity contribution in [2.45, 2.75) is 11.3 Å². The van der Waals surface area contributed by atoms with E-state index in [1.807, 2.05) is 24.3 Å². The molecule has 0 bridgehead atoms. The number of aromatic nitrogens is 1. The molecular formula is C15H16ClN3OS. The summed E-state index contributed by atoms with van der Waals surface area (Å²) in [5.74, 6) is 0.322. The third kappa shape index (κ3) is 5.28. The number of carbonyl (C=O) groups excluding carboxylic acids is 1. The third-order valence-electron chi connectivity index (χ3n) is 2.79. The number of halogens is 1. The lowest BCUT2D eigenvalue weighted by atomic mass is 10.1. The summed E-state index contributed by atoms with van der Waals surface area (Å²) >= 11 is 7.32. The number of pyridine rings is 1. The average molecular weight is 322 g/mol. The van der Waals surface area contributed by atoms with Crippen LogP contribution in [0.1, 0.15) is 5.56 Å². The van der Waals surface area contributed by atoms with E-state index in [1.54, 1.807) is 18.5 Å². The predicted octanol–water partition coefficient (Wildman–Crippen LogP) is 2.77. The smallest absolute Gasteiger partial charge is 0.230 e. The number of thioether (sulfide) groups is 1. The first kappa shape index (κ1) is 15.7. The van der Waals surface area contributed by atoms with Crippen molar-refractivity contribution in [2.75, 3.05) is 18.0 Å². The van der Waals surface area contributed by atoms with Gasteiger partial charge in [0.05, 0.1) is 17.6 Å². The normalized spacial score (nSPS) is 10.3. The van der Waals surface area contributed by atoms with Crippen LogP contribution in [-0.2, 0) is 11.2 Å². The van der Waals surface area contributed by atoms with Gasteiger partial charge in [0.1, 0.15) is 0 Å². The Morgan fingerprint density at radius 2 is 2.24 bits per heavy atom. The number of nitrogens with one attached hydrogen (secondary N) is 1. The lowest BCUT2D eigenvalue weighted by Crippen LogP contribution is -2.27. The number of nitrogens with zero attached hydrogens (tertiary/aromatic N) is 1. The summed E-state index contributed by atoms with van der Waals surface area (Å²) in [6, 6.07) is 9.44. The monoisotopic (exact) mass is 321 g/mol. The molecular weight excluding hydrogens is 306 g/mol. The van der Waals surface area contributed by atoms with Gasteiger partial charge in [0, 0.05) is 22.7 Å². The van der Waals surface area contributed by atoms with Crippen LogP contribution >= 0.6 is 23.4 Å². The van der Waals surface area contributed by atoms with Gasteiger partial charge in [0.15, 0.2) is 0 Å². The van der Waals surface area contributed by atoms with Crippen molar-refractivity contribution < 1.29 is 4.79 Å². The minimum atomic E-state index is -0.0155. The van der Waals surface area contributed by atoms with Crippen LogP contribution in [0.2, 0.25) is 5.02 Å². The minimum Gasteiger partial charge on any atom is -0.397 e. The third-order valence-corrected chi connectivity index (χ3v) is 4.12. The molecule has 1 aromatic heterocycles. The van der Waals surface area contributed by atoms with E-state index in [9.17, 15) is 4.79 Å². The van der Waals surface area contributed by atoms with Crippen molar-refractivity contribution in [3.63, 3.8) is 0 Å². The molecule has 0 saturated carbocycles. The number of benzene rings is 1. The average Bonchev–Trinajstić information content (AvgIpc) is 2.46.